The number of nitrogens with one attached hydrogen (secondary N) is 1. The van der Waals surface area contributed by atoms with Crippen LogP contribution in [-0.2, 0) is 19.0 Å². The zero-order chi connectivity index (χ0) is 20.2. The molecule has 1 rings (SSSR count). The van der Waals surface area contributed by atoms with Gasteiger partial charge in [0.15, 0.2) is 0 Å². The maximum absolute atomic E-state index is 12.4. The number of methoxy groups -OCH3 is 1. The second-order valence-electron chi connectivity index (χ2n) is 5.68. The molecule has 27 heavy (non-hydrogen) atoms. The molecule has 0 aliphatic rings. The summed E-state index contributed by atoms with van der Waals surface area (Å²) in [4.78, 5) is 33.9. The maximum atomic E-state index is 12.4. The molecule has 1 aromatic rings. The Morgan fingerprint density at radius 3 is 2.41 bits per heavy atom. The van der Waals surface area contributed by atoms with Crippen LogP contribution in [-0.4, -0.2) is 61.7 Å². The molecule has 1 aromatic carbocycles. The van der Waals surface area contributed by atoms with Crippen molar-refractivity contribution in [1.82, 2.24) is 5.32 Å². The van der Waals surface area contributed by atoms with Crippen LogP contribution in [0.25, 0.3) is 0 Å². The number of carboxylic acid groups (broad SMARTS) is 1. The van der Waals surface area contributed by atoms with E-state index in [1.54, 1.807) is 6.92 Å². The predicted molar refractivity (Wildman–Crippen MR) is 94.4 cm³/mol. The number of aliphatic carboxylic acids is 1. The molecule has 10 nitrogen and oxygen atoms in total. The number of carboxylic acids is 1. The maximum Gasteiger partial charge on any atom is 0.308 e. The zero-order valence-corrected chi connectivity index (χ0v) is 15.3. The summed E-state index contributed by atoms with van der Waals surface area (Å²) in [5.74, 6) is -2.36. The molecule has 2 N–H and O–H groups in total. The third-order valence-electron chi connectivity index (χ3n) is 3.65. The van der Waals surface area contributed by atoms with Crippen molar-refractivity contribution in [3.05, 3.63) is 39.9 Å². The average molecular weight is 384 g/mol. The van der Waals surface area contributed by atoms with E-state index in [9.17, 15) is 24.8 Å². The van der Waals surface area contributed by atoms with Gasteiger partial charge in [0.05, 0.1) is 30.1 Å². The Morgan fingerprint density at radius 2 is 1.89 bits per heavy atom. The number of non-ortho nitro benzene ring substituents is 1. The van der Waals surface area contributed by atoms with E-state index in [4.69, 9.17) is 14.2 Å². The third kappa shape index (κ3) is 8.11. The van der Waals surface area contributed by atoms with E-state index in [1.165, 1.54) is 31.4 Å². The molecule has 150 valence electrons. The van der Waals surface area contributed by atoms with Gasteiger partial charge in [-0.15, -0.1) is 0 Å². The van der Waals surface area contributed by atoms with Gasteiger partial charge in [0.25, 0.3) is 11.6 Å². The van der Waals surface area contributed by atoms with Gasteiger partial charge in [-0.2, -0.15) is 0 Å². The van der Waals surface area contributed by atoms with Crippen molar-refractivity contribution in [2.45, 2.75) is 19.4 Å². The fraction of sp³-hybridized carbons (Fsp3) is 0.529. The van der Waals surface area contributed by atoms with E-state index >= 15 is 0 Å². The van der Waals surface area contributed by atoms with Crippen molar-refractivity contribution in [1.29, 1.82) is 0 Å². The van der Waals surface area contributed by atoms with E-state index < -0.39 is 28.8 Å². The quantitative estimate of drug-likeness (QED) is 0.226. The van der Waals surface area contributed by atoms with Gasteiger partial charge in [0.1, 0.15) is 6.79 Å². The number of nitro benzene ring substituents is 1. The lowest BCUT2D eigenvalue weighted by atomic mass is 10.0. The minimum atomic E-state index is -1.05. The van der Waals surface area contributed by atoms with Crippen molar-refractivity contribution in [3.63, 3.8) is 0 Å². The number of hydrogen-bond donors (Lipinski definition) is 2. The molecular weight excluding hydrogens is 360 g/mol. The first kappa shape index (κ1) is 22.5. The van der Waals surface area contributed by atoms with Crippen molar-refractivity contribution >= 4 is 17.6 Å². The Kier molecular flexibility index (Phi) is 9.94. The van der Waals surface area contributed by atoms with Gasteiger partial charge in [-0.25, -0.2) is 0 Å². The Balaban J connectivity index is 2.79. The molecule has 2 atom stereocenters. The minimum absolute atomic E-state index is 0.00923. The average Bonchev–Trinajstić information content (AvgIpc) is 2.64. The highest BCUT2D eigenvalue weighted by molar-refractivity contribution is 5.94. The summed E-state index contributed by atoms with van der Waals surface area (Å²) in [5.41, 5.74) is 0.0863. The SMILES string of the molecule is CCOCOCC(CC(COC)C(=O)O)NC(=O)c1ccc([N+](=O)[O-])cc1. The first-order valence-electron chi connectivity index (χ1n) is 8.31. The molecule has 1 amide bonds. The van der Waals surface area contributed by atoms with Crippen LogP contribution in [0.15, 0.2) is 24.3 Å². The molecule has 0 fully saturated rings. The van der Waals surface area contributed by atoms with Crippen molar-refractivity contribution in [2.75, 3.05) is 33.7 Å². The standard InChI is InChI=1S/C17H24N2O8/c1-3-26-11-27-10-14(8-13(9-25-2)17(21)22)18-16(20)12-4-6-15(7-5-12)19(23)24/h4-7,13-14H,3,8-11H2,1-2H3,(H,18,20)(H,21,22). The van der Waals surface area contributed by atoms with Crippen LogP contribution >= 0.6 is 0 Å². The number of hydrogen-bond acceptors (Lipinski definition) is 7. The van der Waals surface area contributed by atoms with Crippen LogP contribution in [0, 0.1) is 16.0 Å². The second-order valence-corrected chi connectivity index (χ2v) is 5.68. The summed E-state index contributed by atoms with van der Waals surface area (Å²) in [6.45, 7) is 2.32. The molecule has 0 aliphatic carbocycles. The molecule has 0 aliphatic heterocycles. The number of benzene rings is 1. The molecule has 0 heterocycles. The fourth-order valence-corrected chi connectivity index (χ4v) is 2.29. The monoisotopic (exact) mass is 384 g/mol. The number of carbonyl (C=O) groups excluding carboxylic acids is 1. The van der Waals surface area contributed by atoms with E-state index in [1.807, 2.05) is 0 Å². The number of nitro groups is 1. The number of rotatable bonds is 13. The Morgan fingerprint density at radius 1 is 1.22 bits per heavy atom. The minimum Gasteiger partial charge on any atom is -0.481 e. The molecular formula is C17H24N2O8. The van der Waals surface area contributed by atoms with E-state index in [-0.39, 0.29) is 37.7 Å². The van der Waals surface area contributed by atoms with Crippen LogP contribution in [0.5, 0.6) is 0 Å². The zero-order valence-electron chi connectivity index (χ0n) is 15.3. The summed E-state index contributed by atoms with van der Waals surface area (Å²) in [6, 6.07) is 4.50. The molecule has 10 heteroatoms. The van der Waals surface area contributed by atoms with Gasteiger partial charge in [-0.05, 0) is 25.5 Å². The van der Waals surface area contributed by atoms with Gasteiger partial charge >= 0.3 is 5.97 Å². The molecule has 0 radical (unpaired) electrons. The first-order valence-corrected chi connectivity index (χ1v) is 8.31. The number of nitrogens with zero attached hydrogens (tertiary/aromatic N) is 1. The molecule has 2 unspecified atom stereocenters. The largest absolute Gasteiger partial charge is 0.481 e. The Hall–Kier alpha value is -2.56. The first-order chi connectivity index (χ1) is 12.9. The summed E-state index contributed by atoms with van der Waals surface area (Å²) >= 11 is 0. The van der Waals surface area contributed by atoms with Crippen molar-refractivity contribution in [2.24, 2.45) is 5.92 Å². The molecule has 0 spiro atoms. The molecule has 0 bridgehead atoms. The van der Waals surface area contributed by atoms with Crippen LogP contribution in [0.2, 0.25) is 0 Å². The Labute approximate surface area is 156 Å². The highest BCUT2D eigenvalue weighted by atomic mass is 16.7. The second kappa shape index (κ2) is 11.9. The summed E-state index contributed by atoms with van der Waals surface area (Å²) in [6.07, 6.45) is 0.0913. The highest BCUT2D eigenvalue weighted by Crippen LogP contribution is 2.13. The van der Waals surface area contributed by atoms with E-state index in [0.29, 0.717) is 6.61 Å². The number of amides is 1. The number of ether oxygens (including phenoxy) is 3. The van der Waals surface area contributed by atoms with Gasteiger partial charge in [-0.3, -0.25) is 19.7 Å². The van der Waals surface area contributed by atoms with Gasteiger partial charge in [-0.1, -0.05) is 0 Å². The summed E-state index contributed by atoms with van der Waals surface area (Å²) < 4.78 is 15.3. The lowest BCUT2D eigenvalue weighted by molar-refractivity contribution is -0.384. The molecule has 0 saturated heterocycles. The fourth-order valence-electron chi connectivity index (χ4n) is 2.29. The lowest BCUT2D eigenvalue weighted by Crippen LogP contribution is -2.41. The van der Waals surface area contributed by atoms with Crippen LogP contribution in [0.4, 0.5) is 5.69 Å². The molecule has 0 aromatic heterocycles. The van der Waals surface area contributed by atoms with Crippen LogP contribution in [0.1, 0.15) is 23.7 Å². The molecule has 0 saturated carbocycles. The topological polar surface area (TPSA) is 137 Å². The van der Waals surface area contributed by atoms with Crippen LogP contribution in [0.3, 0.4) is 0 Å². The Bertz CT molecular complexity index is 620. The predicted octanol–water partition coefficient (Wildman–Crippen LogP) is 1.44. The van der Waals surface area contributed by atoms with Crippen molar-refractivity contribution in [3.8, 4) is 0 Å². The normalized spacial score (nSPS) is 13.0. The lowest BCUT2D eigenvalue weighted by Gasteiger charge is -2.22. The van der Waals surface area contributed by atoms with Gasteiger partial charge in [0.2, 0.25) is 0 Å². The van der Waals surface area contributed by atoms with E-state index in [2.05, 4.69) is 5.32 Å². The number of carbonyl (C=O) groups is 2. The van der Waals surface area contributed by atoms with Crippen LogP contribution < -0.4 is 5.32 Å². The highest BCUT2D eigenvalue weighted by Gasteiger charge is 2.24. The summed E-state index contributed by atoms with van der Waals surface area (Å²) in [7, 11) is 1.39. The smallest absolute Gasteiger partial charge is 0.308 e. The summed E-state index contributed by atoms with van der Waals surface area (Å²) in [5, 5.41) is 22.7. The van der Waals surface area contributed by atoms with E-state index in [0.717, 1.165) is 0 Å². The van der Waals surface area contributed by atoms with Gasteiger partial charge < -0.3 is 24.6 Å². The van der Waals surface area contributed by atoms with Gasteiger partial charge in [0, 0.05) is 31.4 Å². The third-order valence-corrected chi connectivity index (χ3v) is 3.65. The van der Waals surface area contributed by atoms with Crippen molar-refractivity contribution < 1.29 is 33.8 Å².